The highest BCUT2D eigenvalue weighted by molar-refractivity contribution is 7.92. The van der Waals surface area contributed by atoms with E-state index in [9.17, 15) is 26.4 Å². The van der Waals surface area contributed by atoms with Gasteiger partial charge >= 0.3 is 12.1 Å². The van der Waals surface area contributed by atoms with Gasteiger partial charge in [-0.2, -0.15) is 13.2 Å². The Labute approximate surface area is 222 Å². The molecule has 0 saturated heterocycles. The smallest absolute Gasteiger partial charge is 0.416 e. The third-order valence-electron chi connectivity index (χ3n) is 5.78. The minimum Gasteiger partial charge on any atom is -0.486 e. The number of hydrogen-bond acceptors (Lipinski definition) is 6. The van der Waals surface area contributed by atoms with Crippen LogP contribution < -0.4 is 9.04 Å². The number of alkyl halides is 3. The van der Waals surface area contributed by atoms with Gasteiger partial charge < -0.3 is 9.47 Å². The molecular formula is C26H22ClF3N2O5S. The van der Waals surface area contributed by atoms with Crippen LogP contribution in [0.5, 0.6) is 5.75 Å². The fourth-order valence-corrected chi connectivity index (χ4v) is 5.58. The minimum atomic E-state index is -4.72. The molecule has 2 aromatic carbocycles. The number of sulfonamides is 1. The number of anilines is 1. The summed E-state index contributed by atoms with van der Waals surface area (Å²) in [5, 5.41) is 0.423. The fourth-order valence-electron chi connectivity index (χ4n) is 3.85. The van der Waals surface area contributed by atoms with E-state index in [4.69, 9.17) is 16.3 Å². The molecule has 2 heterocycles. The van der Waals surface area contributed by atoms with Gasteiger partial charge in [0.2, 0.25) is 0 Å². The van der Waals surface area contributed by atoms with Gasteiger partial charge in [-0.3, -0.25) is 14.1 Å². The van der Waals surface area contributed by atoms with Crippen LogP contribution in [0.1, 0.15) is 29.7 Å². The number of pyridine rings is 1. The second kappa shape index (κ2) is 11.0. The lowest BCUT2D eigenvalue weighted by Crippen LogP contribution is -2.43. The molecule has 7 nitrogen and oxygen atoms in total. The normalized spacial score (nSPS) is 15.7. The second-order valence-electron chi connectivity index (χ2n) is 8.35. The summed E-state index contributed by atoms with van der Waals surface area (Å²) >= 11 is 6.15. The number of esters is 1. The van der Waals surface area contributed by atoms with Crippen LogP contribution in [0.4, 0.5) is 18.9 Å². The first-order chi connectivity index (χ1) is 18.0. The number of carbonyl (C=O) groups is 1. The van der Waals surface area contributed by atoms with Crippen LogP contribution in [0.3, 0.4) is 0 Å². The number of aromatic nitrogens is 1. The summed E-state index contributed by atoms with van der Waals surface area (Å²) in [6, 6.07) is 11.7. The van der Waals surface area contributed by atoms with Crippen molar-refractivity contribution in [2.24, 2.45) is 0 Å². The molecule has 0 radical (unpaired) electrons. The largest absolute Gasteiger partial charge is 0.486 e. The molecular weight excluding hydrogens is 545 g/mol. The van der Waals surface area contributed by atoms with Crippen LogP contribution in [-0.4, -0.2) is 39.1 Å². The van der Waals surface area contributed by atoms with Crippen molar-refractivity contribution in [1.82, 2.24) is 4.98 Å². The van der Waals surface area contributed by atoms with Crippen molar-refractivity contribution in [3.8, 4) is 5.75 Å². The molecule has 200 valence electrons. The average Bonchev–Trinajstić information content (AvgIpc) is 2.90. The molecule has 0 bridgehead atoms. The van der Waals surface area contributed by atoms with Gasteiger partial charge in [0.25, 0.3) is 10.0 Å². The first-order valence-electron chi connectivity index (χ1n) is 11.3. The van der Waals surface area contributed by atoms with Gasteiger partial charge in [-0.05, 0) is 60.5 Å². The lowest BCUT2D eigenvalue weighted by atomic mass is 10.1. The number of carbonyl (C=O) groups excluding carboxylic acids is 1. The average molecular weight is 567 g/mol. The predicted molar refractivity (Wildman–Crippen MR) is 136 cm³/mol. The molecule has 0 fully saturated rings. The van der Waals surface area contributed by atoms with E-state index in [2.05, 4.69) is 9.72 Å². The number of halogens is 4. The van der Waals surface area contributed by atoms with E-state index in [-0.39, 0.29) is 30.8 Å². The van der Waals surface area contributed by atoms with Gasteiger partial charge in [0, 0.05) is 12.6 Å². The molecule has 0 spiro atoms. The van der Waals surface area contributed by atoms with Gasteiger partial charge in [-0.15, -0.1) is 0 Å². The van der Waals surface area contributed by atoms with Gasteiger partial charge in [0.1, 0.15) is 11.9 Å². The van der Waals surface area contributed by atoms with Gasteiger partial charge in [-0.1, -0.05) is 29.8 Å². The molecule has 12 heteroatoms. The summed E-state index contributed by atoms with van der Waals surface area (Å²) in [5.41, 5.74) is 0.134. The zero-order valence-corrected chi connectivity index (χ0v) is 21.6. The van der Waals surface area contributed by atoms with E-state index in [0.29, 0.717) is 22.3 Å². The molecule has 1 unspecified atom stereocenters. The Hall–Kier alpha value is -3.57. The van der Waals surface area contributed by atoms with Crippen molar-refractivity contribution in [1.29, 1.82) is 0 Å². The standard InChI is InChI=1S/C26H22ClF3N2O5S/c1-36-25(33)12-9-19-16-32(38(34,35)20-5-2-4-18(15-20)26(28,29)30)23-14-17(8-11-24(23)37-19)7-10-22-21(27)6-3-13-31-22/h2-8,10-11,13-15,19H,9,12,16H2,1H3. The highest BCUT2D eigenvalue weighted by atomic mass is 35.5. The van der Waals surface area contributed by atoms with Crippen molar-refractivity contribution in [2.45, 2.75) is 30.0 Å². The molecule has 0 aliphatic carbocycles. The van der Waals surface area contributed by atoms with E-state index >= 15 is 0 Å². The lowest BCUT2D eigenvalue weighted by molar-refractivity contribution is -0.141. The Bertz CT molecular complexity index is 1480. The predicted octanol–water partition coefficient (Wildman–Crippen LogP) is 5.83. The summed E-state index contributed by atoms with van der Waals surface area (Å²) in [7, 11) is -3.21. The number of nitrogens with zero attached hydrogens (tertiary/aromatic N) is 2. The number of benzene rings is 2. The molecule has 1 aromatic heterocycles. The summed E-state index contributed by atoms with van der Waals surface area (Å²) in [5.74, 6) is -0.296. The first-order valence-corrected chi connectivity index (χ1v) is 13.2. The van der Waals surface area contributed by atoms with E-state index in [0.717, 1.165) is 22.5 Å². The van der Waals surface area contributed by atoms with Crippen molar-refractivity contribution in [3.63, 3.8) is 0 Å². The molecule has 1 atom stereocenters. The Morgan fingerprint density at radius 2 is 1.97 bits per heavy atom. The van der Waals surface area contributed by atoms with Crippen molar-refractivity contribution in [2.75, 3.05) is 18.0 Å². The molecule has 4 rings (SSSR count). The number of ether oxygens (including phenoxy) is 2. The van der Waals surface area contributed by atoms with Crippen LogP contribution in [0.15, 0.2) is 65.7 Å². The number of rotatable bonds is 7. The van der Waals surface area contributed by atoms with Crippen LogP contribution in [0, 0.1) is 0 Å². The maximum atomic E-state index is 13.7. The zero-order chi connectivity index (χ0) is 27.5. The van der Waals surface area contributed by atoms with Crippen LogP contribution in [-0.2, 0) is 25.7 Å². The summed E-state index contributed by atoms with van der Waals surface area (Å²) in [4.78, 5) is 15.3. The van der Waals surface area contributed by atoms with Gasteiger partial charge in [0.15, 0.2) is 0 Å². The molecule has 0 N–H and O–H groups in total. The third-order valence-corrected chi connectivity index (χ3v) is 7.88. The Morgan fingerprint density at radius 3 is 2.68 bits per heavy atom. The topological polar surface area (TPSA) is 85.8 Å². The summed E-state index contributed by atoms with van der Waals surface area (Å²) < 4.78 is 78.9. The highest BCUT2D eigenvalue weighted by Gasteiger charge is 2.37. The van der Waals surface area contributed by atoms with Crippen molar-refractivity contribution >= 4 is 45.4 Å². The second-order valence-corrected chi connectivity index (χ2v) is 10.6. The molecule has 0 saturated carbocycles. The minimum absolute atomic E-state index is 0.0282. The summed E-state index contributed by atoms with van der Waals surface area (Å²) in [6.07, 6.45) is -0.450. The Morgan fingerprint density at radius 1 is 1.18 bits per heavy atom. The third kappa shape index (κ3) is 6.11. The number of hydrogen-bond donors (Lipinski definition) is 0. The Kier molecular flexibility index (Phi) is 7.98. The Balaban J connectivity index is 1.74. The lowest BCUT2D eigenvalue weighted by Gasteiger charge is -2.35. The van der Waals surface area contributed by atoms with Gasteiger partial charge in [-0.25, -0.2) is 8.42 Å². The van der Waals surface area contributed by atoms with Gasteiger partial charge in [0.05, 0.1) is 40.5 Å². The van der Waals surface area contributed by atoms with Crippen molar-refractivity contribution < 1.29 is 35.9 Å². The van der Waals surface area contributed by atoms with Crippen LogP contribution in [0.25, 0.3) is 12.2 Å². The molecule has 38 heavy (non-hydrogen) atoms. The van der Waals surface area contributed by atoms with E-state index in [1.807, 2.05) is 0 Å². The van der Waals surface area contributed by atoms with E-state index < -0.39 is 38.7 Å². The van der Waals surface area contributed by atoms with E-state index in [1.165, 1.54) is 7.11 Å². The molecule has 1 aliphatic heterocycles. The molecule has 1 aliphatic rings. The zero-order valence-electron chi connectivity index (χ0n) is 20.0. The van der Waals surface area contributed by atoms with E-state index in [1.54, 1.807) is 48.7 Å². The van der Waals surface area contributed by atoms with Crippen LogP contribution >= 0.6 is 11.6 Å². The number of methoxy groups -OCH3 is 1. The number of fused-ring (bicyclic) bond motifs is 1. The van der Waals surface area contributed by atoms with Crippen LogP contribution in [0.2, 0.25) is 5.02 Å². The quantitative estimate of drug-likeness (QED) is 0.334. The SMILES string of the molecule is COC(=O)CCC1CN(S(=O)(=O)c2cccc(C(F)(F)F)c2)c2cc(C=Cc3ncccc3Cl)ccc2O1. The maximum Gasteiger partial charge on any atom is 0.416 e. The summed E-state index contributed by atoms with van der Waals surface area (Å²) in [6.45, 7) is -0.220. The monoisotopic (exact) mass is 566 g/mol. The molecule has 3 aromatic rings. The first kappa shape index (κ1) is 27.5. The maximum absolute atomic E-state index is 13.7. The fraction of sp³-hybridized carbons (Fsp3) is 0.231. The highest BCUT2D eigenvalue weighted by Crippen LogP contribution is 2.40. The molecule has 0 amide bonds. The van der Waals surface area contributed by atoms with Crippen molar-refractivity contribution in [3.05, 3.63) is 82.6 Å².